The smallest absolute Gasteiger partial charge is 0.417 e. The zero-order chi connectivity index (χ0) is 95.4. The zero-order valence-electron chi connectivity index (χ0n) is 78.3. The molecule has 0 aliphatic heterocycles. The number of rotatable bonds is 73. The summed E-state index contributed by atoms with van der Waals surface area (Å²) in [6, 6.07) is 25.8. The topological polar surface area (TPSA) is 357 Å². The average Bonchev–Trinajstić information content (AvgIpc) is 0.877. The number of nitrogens with one attached hydrogen (secondary N) is 1. The summed E-state index contributed by atoms with van der Waals surface area (Å²) in [5, 5.41) is 20.4. The minimum Gasteiger partial charge on any atom is -1.00 e. The van der Waals surface area contributed by atoms with Crippen molar-refractivity contribution in [1.82, 2.24) is 10.2 Å². The molecule has 0 saturated heterocycles. The summed E-state index contributed by atoms with van der Waals surface area (Å²) in [4.78, 5) is 89.1. The van der Waals surface area contributed by atoms with E-state index in [1.165, 1.54) is 33.4 Å². The third-order valence-electron chi connectivity index (χ3n) is 16.8. The molecule has 0 fully saturated rings. The Bertz CT molecular complexity index is 3470. The minimum atomic E-state index is -1.48. The van der Waals surface area contributed by atoms with Crippen molar-refractivity contribution >= 4 is 66.1 Å². The monoisotopic (exact) mass is 1870 g/mol. The van der Waals surface area contributed by atoms with E-state index >= 15 is 0 Å². The van der Waals surface area contributed by atoms with E-state index in [-0.39, 0.29) is 97.3 Å². The summed E-state index contributed by atoms with van der Waals surface area (Å²) in [5.74, 6) is -4.55. The molecule has 0 bridgehead atoms. The number of aliphatic imine (C=N–C) groups is 2. The fraction of sp³-hybridized carbons (Fsp3) is 0.531. The van der Waals surface area contributed by atoms with Crippen molar-refractivity contribution in [2.45, 2.75) is 72.4 Å². The number of carbonyl (C=O) groups excluding carboxylic acids is 7. The number of aliphatic hydroxyl groups is 2. The van der Waals surface area contributed by atoms with Gasteiger partial charge < -0.3 is 130 Å². The molecule has 734 valence electrons. The Balaban J connectivity index is -0.000000841. The van der Waals surface area contributed by atoms with Crippen molar-refractivity contribution in [3.05, 3.63) is 207 Å². The predicted octanol–water partition coefficient (Wildman–Crippen LogP) is 3.13. The Kier molecular flexibility index (Phi) is 86.2. The number of hydrogen-bond donors (Lipinski definition) is 3. The average molecular weight is 1880 g/mol. The van der Waals surface area contributed by atoms with Gasteiger partial charge in [-0.05, 0) is 62.8 Å². The normalized spacial score (nSPS) is 11.3. The molecule has 0 spiro atoms. The van der Waals surface area contributed by atoms with Crippen LogP contribution in [0, 0.1) is 6.92 Å². The molecule has 130 heavy (non-hydrogen) atoms. The van der Waals surface area contributed by atoms with Gasteiger partial charge in [-0.2, -0.15) is 0 Å². The van der Waals surface area contributed by atoms with Crippen LogP contribution in [0.4, 0.5) is 0 Å². The first-order chi connectivity index (χ1) is 61.6. The SMILES string of the molecule is C=C(C)C(=O)OCCOCCOCCOCCOCCOCCOC(=O)C(=O)OCCOCCOCCOCCOCCOCCOC(=O)C(=C)C.C=CC(=O)CC(O)C(O)NC(=O)C=C.C=CCOCCN(CCOCC=C)CCOC(=O)C=C.C=Cc1ccc(C[N+](C)(C)CCCN=CC)cc1.C=Cc1ccc(C[N+](C)(C)CCCN=Cc2ccc(C)cc2)cc1.[Cl-].[Cl-]. The van der Waals surface area contributed by atoms with Gasteiger partial charge in [0.2, 0.25) is 5.91 Å². The molecule has 1 amide bonds. The molecular weight excluding hydrogens is 1720 g/mol. The predicted molar refractivity (Wildman–Crippen MR) is 498 cm³/mol. The molecule has 34 heteroatoms. The highest BCUT2D eigenvalue weighted by molar-refractivity contribution is 6.29. The first kappa shape index (κ1) is 127. The third kappa shape index (κ3) is 81.1. The van der Waals surface area contributed by atoms with E-state index in [1.54, 1.807) is 26.0 Å². The van der Waals surface area contributed by atoms with Gasteiger partial charge in [0, 0.05) is 86.5 Å². The summed E-state index contributed by atoms with van der Waals surface area (Å²) in [5.41, 5.74) is 8.26. The lowest BCUT2D eigenvalue weighted by Crippen LogP contribution is -3.00. The quantitative estimate of drug-likeness (QED) is 0.00841. The Morgan fingerprint density at radius 3 is 1.05 bits per heavy atom. The van der Waals surface area contributed by atoms with Gasteiger partial charge in [-0.15, -0.1) is 13.2 Å². The van der Waals surface area contributed by atoms with Crippen LogP contribution >= 0.6 is 0 Å². The van der Waals surface area contributed by atoms with E-state index in [0.717, 1.165) is 92.4 Å². The molecule has 0 aliphatic rings. The number of aliphatic hydroxyl groups excluding tert-OH is 2. The van der Waals surface area contributed by atoms with Gasteiger partial charge in [0.1, 0.15) is 52.2 Å². The van der Waals surface area contributed by atoms with Crippen LogP contribution in [0.5, 0.6) is 0 Å². The summed E-state index contributed by atoms with van der Waals surface area (Å²) in [6.07, 6.45) is 13.3. The minimum absolute atomic E-state index is 0. The van der Waals surface area contributed by atoms with E-state index in [1.807, 2.05) is 36.8 Å². The second-order valence-corrected chi connectivity index (χ2v) is 29.1. The molecule has 0 aliphatic carbocycles. The maximum absolute atomic E-state index is 11.7. The van der Waals surface area contributed by atoms with Crippen LogP contribution in [-0.4, -0.2) is 356 Å². The number of aryl methyl sites for hydroxylation is 1. The number of allylic oxidation sites excluding steroid dienone is 1. The van der Waals surface area contributed by atoms with E-state index in [0.29, 0.717) is 143 Å². The molecule has 0 saturated carbocycles. The number of benzene rings is 3. The standard InChI is InChI=1S/C34H58O18.C22H29N2.C16H25N2.C15H25NO4.C9H13NO4.2ClH/c1-29(2)31(35)49-25-21-45-17-13-41-9-5-39-7-11-43-15-19-47-23-27-51-33(37)34(38)52-28-24-48-20-16-44-12-8-40-6-10-42-14-18-46-22-26-50-32(36)30(3)4;1-5-20-11-13-22(14-12-20)18-24(3,4)16-6-15-23-17-21-9-7-19(2)8-10-21;1-5-15-8-10-16(11-9-15)14-18(3,4)13-7-12-17-6-2;1-4-10-18-12-7-16(8-13-19-11-5-2)9-14-20-15(17)6-3;1-3-6(11)5-7(12)9(14)10-8(13)4-2;;/h1,3,5-28H2,2,4H3;5,7-14,17H,1,6,15-16,18H2,2-4H3;5-6,8-11H,1,7,12-14H2,2-4H3;4-6H,1-3,7-14H2;3-4,7,9,12,14H,1-2,5H2,(H,10,13);2*1H/q;2*+1;;;;/p-2. The Hall–Kier alpha value is -8.95. The van der Waals surface area contributed by atoms with Gasteiger partial charge in [-0.1, -0.05) is 149 Å². The number of carbonyl (C=O) groups is 7. The number of halogens is 2. The van der Waals surface area contributed by atoms with Crippen molar-refractivity contribution in [1.29, 1.82) is 0 Å². The second kappa shape index (κ2) is 88.0. The van der Waals surface area contributed by atoms with E-state index in [2.05, 4.69) is 182 Å². The van der Waals surface area contributed by atoms with Crippen LogP contribution in [0.3, 0.4) is 0 Å². The molecule has 3 rings (SSSR count). The van der Waals surface area contributed by atoms with E-state index in [9.17, 15) is 38.7 Å². The molecule has 3 aromatic rings. The molecule has 2 unspecified atom stereocenters. The molecule has 32 nitrogen and oxygen atoms in total. The number of hydrogen-bond acceptors (Lipinski definition) is 29. The van der Waals surface area contributed by atoms with Crippen LogP contribution in [0.2, 0.25) is 0 Å². The van der Waals surface area contributed by atoms with E-state index in [4.69, 9.17) is 85.6 Å². The largest absolute Gasteiger partial charge is 1.00 e. The Morgan fingerprint density at radius 2 is 0.738 bits per heavy atom. The number of ether oxygens (including phenoxy) is 17. The maximum Gasteiger partial charge on any atom is 0.417 e. The fourth-order valence-corrected chi connectivity index (χ4v) is 9.99. The first-order valence-electron chi connectivity index (χ1n) is 42.7. The molecule has 3 N–H and O–H groups in total. The van der Waals surface area contributed by atoms with Crippen LogP contribution in [0.1, 0.15) is 73.4 Å². The first-order valence-corrected chi connectivity index (χ1v) is 42.7. The van der Waals surface area contributed by atoms with Crippen LogP contribution < -0.4 is 30.1 Å². The molecule has 2 atom stereocenters. The lowest BCUT2D eigenvalue weighted by Gasteiger charge is -2.29. The lowest BCUT2D eigenvalue weighted by molar-refractivity contribution is -0.903. The summed E-state index contributed by atoms with van der Waals surface area (Å²) in [6.45, 7) is 56.4. The van der Waals surface area contributed by atoms with Crippen molar-refractivity contribution in [2.75, 3.05) is 266 Å². The molecule has 3 aromatic carbocycles. The Morgan fingerprint density at radius 1 is 0.415 bits per heavy atom. The number of nitrogens with zero attached hydrogens (tertiary/aromatic N) is 5. The summed E-state index contributed by atoms with van der Waals surface area (Å²) in [7, 11) is 9.12. The second-order valence-electron chi connectivity index (χ2n) is 29.1. The number of amides is 1. The molecular formula is C96H150Cl2N6O26. The number of quaternary nitrogens is 2. The number of ketones is 1. The van der Waals surface area contributed by atoms with Crippen molar-refractivity contribution in [2.24, 2.45) is 9.98 Å². The number of esters is 5. The van der Waals surface area contributed by atoms with Gasteiger partial charge >= 0.3 is 29.8 Å². The van der Waals surface area contributed by atoms with Crippen LogP contribution in [0.25, 0.3) is 12.2 Å². The lowest BCUT2D eigenvalue weighted by atomic mass is 10.1. The zero-order valence-corrected chi connectivity index (χ0v) is 79.8. The van der Waals surface area contributed by atoms with Crippen molar-refractivity contribution in [3.63, 3.8) is 0 Å². The highest BCUT2D eigenvalue weighted by Gasteiger charge is 2.21. The Labute approximate surface area is 785 Å². The van der Waals surface area contributed by atoms with E-state index < -0.39 is 53.9 Å². The summed E-state index contributed by atoms with van der Waals surface area (Å²) < 4.78 is 90.4. The van der Waals surface area contributed by atoms with Crippen LogP contribution in [-0.2, 0) is 127 Å². The highest BCUT2D eigenvalue weighted by atomic mass is 35.5. The van der Waals surface area contributed by atoms with Crippen molar-refractivity contribution in [3.8, 4) is 0 Å². The highest BCUT2D eigenvalue weighted by Crippen LogP contribution is 2.15. The van der Waals surface area contributed by atoms with Gasteiger partial charge in [0.05, 0.1) is 200 Å². The van der Waals surface area contributed by atoms with Gasteiger partial charge in [-0.25, -0.2) is 24.0 Å². The maximum atomic E-state index is 11.7. The van der Waals surface area contributed by atoms with Gasteiger partial charge in [-0.3, -0.25) is 24.5 Å². The fourth-order valence-electron chi connectivity index (χ4n) is 9.99. The van der Waals surface area contributed by atoms with Crippen LogP contribution in [0.15, 0.2) is 184 Å². The summed E-state index contributed by atoms with van der Waals surface area (Å²) >= 11 is 0. The molecule has 0 radical (unpaired) electrons. The van der Waals surface area contributed by atoms with Crippen molar-refractivity contribution < 1.29 is 158 Å². The van der Waals surface area contributed by atoms with Gasteiger partial charge in [0.15, 0.2) is 12.0 Å². The molecule has 0 aromatic heterocycles. The van der Waals surface area contributed by atoms with Gasteiger partial charge in [0.25, 0.3) is 0 Å². The third-order valence-corrected chi connectivity index (χ3v) is 16.8. The molecule has 0 heterocycles.